The van der Waals surface area contributed by atoms with Crippen LogP contribution < -0.4 is 0 Å². The van der Waals surface area contributed by atoms with Crippen LogP contribution in [0, 0.1) is 0 Å². The van der Waals surface area contributed by atoms with E-state index < -0.39 is 97.5 Å². The van der Waals surface area contributed by atoms with Crippen LogP contribution in [0.5, 0.6) is 0 Å². The Morgan fingerprint density at radius 1 is 0.275 bits per heavy atom. The van der Waals surface area contributed by atoms with Gasteiger partial charge in [-0.05, 0) is 64.2 Å². The van der Waals surface area contributed by atoms with Gasteiger partial charge in [0.25, 0.3) is 0 Å². The molecule has 0 rings (SSSR count). The van der Waals surface area contributed by atoms with E-state index in [-0.39, 0.29) is 25.7 Å². The van der Waals surface area contributed by atoms with Gasteiger partial charge in [0.15, 0.2) is 12.2 Å². The van der Waals surface area contributed by atoms with Crippen LogP contribution in [0.2, 0.25) is 0 Å². The fraction of sp³-hybridized carbons (Fsp3) is 0.855. The van der Waals surface area contributed by atoms with Gasteiger partial charge in [-0.3, -0.25) is 37.3 Å². The zero-order valence-electron chi connectivity index (χ0n) is 65.6. The number of carbonyl (C=O) groups is 4. The molecular weight excluding hydrogens is 1330 g/mol. The number of phosphoric acid groups is 2. The first kappa shape index (κ1) is 99.0. The minimum Gasteiger partial charge on any atom is -0.462 e. The van der Waals surface area contributed by atoms with E-state index in [1.807, 2.05) is 12.2 Å². The summed E-state index contributed by atoms with van der Waals surface area (Å²) in [5.41, 5.74) is 0. The monoisotopic (exact) mass is 1490 g/mol. The lowest BCUT2D eigenvalue weighted by molar-refractivity contribution is -0.161. The third-order valence-electron chi connectivity index (χ3n) is 18.3. The molecule has 17 nitrogen and oxygen atoms in total. The highest BCUT2D eigenvalue weighted by molar-refractivity contribution is 7.47. The van der Waals surface area contributed by atoms with Gasteiger partial charge >= 0.3 is 39.5 Å². The highest BCUT2D eigenvalue weighted by Crippen LogP contribution is 2.45. The molecule has 2 unspecified atom stereocenters. The van der Waals surface area contributed by atoms with E-state index in [1.54, 1.807) is 0 Å². The summed E-state index contributed by atoms with van der Waals surface area (Å²) >= 11 is 0. The summed E-state index contributed by atoms with van der Waals surface area (Å²) in [6.07, 6.45) is 75.1. The van der Waals surface area contributed by atoms with E-state index in [2.05, 4.69) is 64.2 Å². The average Bonchev–Trinajstić information content (AvgIpc) is 0.923. The second kappa shape index (κ2) is 76.2. The largest absolute Gasteiger partial charge is 0.472 e. The van der Waals surface area contributed by atoms with Gasteiger partial charge in [0.05, 0.1) is 26.4 Å². The number of rotatable bonds is 80. The number of hydrogen-bond acceptors (Lipinski definition) is 15. The van der Waals surface area contributed by atoms with Crippen molar-refractivity contribution in [2.75, 3.05) is 39.6 Å². The molecule has 19 heteroatoms. The third kappa shape index (κ3) is 75.3. The molecule has 0 aliphatic rings. The number of ether oxygens (including phenoxy) is 4. The minimum atomic E-state index is -4.98. The Morgan fingerprint density at radius 2 is 0.490 bits per heavy atom. The predicted molar refractivity (Wildman–Crippen MR) is 418 cm³/mol. The van der Waals surface area contributed by atoms with Gasteiger partial charge in [-0.2, -0.15) is 0 Å². The summed E-state index contributed by atoms with van der Waals surface area (Å²) in [5, 5.41) is 10.7. The molecule has 0 aromatic heterocycles. The lowest BCUT2D eigenvalue weighted by atomic mass is 10.0. The lowest BCUT2D eigenvalue weighted by Gasteiger charge is -2.21. The van der Waals surface area contributed by atoms with E-state index in [9.17, 15) is 43.2 Å². The highest BCUT2D eigenvalue weighted by Gasteiger charge is 2.30. The summed E-state index contributed by atoms with van der Waals surface area (Å²) in [6, 6.07) is 0. The first-order chi connectivity index (χ1) is 49.7. The number of carbonyl (C=O) groups excluding carboxylic acids is 4. The van der Waals surface area contributed by atoms with Gasteiger partial charge in [0.1, 0.15) is 19.3 Å². The predicted octanol–water partition coefficient (Wildman–Crippen LogP) is 24.5. The van der Waals surface area contributed by atoms with E-state index in [4.69, 9.17) is 37.0 Å². The molecule has 5 atom stereocenters. The molecule has 0 aliphatic carbocycles. The van der Waals surface area contributed by atoms with Crippen molar-refractivity contribution in [2.45, 2.75) is 418 Å². The number of aliphatic hydroxyl groups excluding tert-OH is 1. The minimum absolute atomic E-state index is 0.0914. The SMILES string of the molecule is CCCCC/C=C\C/C=C\C/C=C\C/C=C\CCCC(=O)OC[C@H](COP(=O)(O)OC[C@H](O)COP(=O)(O)OC[C@@H](COC(=O)CCCCCCCCCCCCCCCCC)OC(=O)CCCCCCCCCCCCCCCCC)OC(=O)CCCCCCCCCCCCCCCCC. The van der Waals surface area contributed by atoms with Crippen molar-refractivity contribution < 1.29 is 80.2 Å². The topological polar surface area (TPSA) is 237 Å². The van der Waals surface area contributed by atoms with Crippen LogP contribution in [0.4, 0.5) is 0 Å². The molecule has 0 aliphatic heterocycles. The molecule has 0 fully saturated rings. The second-order valence-electron chi connectivity index (χ2n) is 28.4. The normalized spacial score (nSPS) is 14.1. The van der Waals surface area contributed by atoms with Crippen molar-refractivity contribution in [3.05, 3.63) is 48.6 Å². The number of hydrogen-bond donors (Lipinski definition) is 3. The summed E-state index contributed by atoms with van der Waals surface area (Å²) in [4.78, 5) is 73.1. The second-order valence-corrected chi connectivity index (χ2v) is 31.4. The van der Waals surface area contributed by atoms with E-state index in [0.29, 0.717) is 32.1 Å². The van der Waals surface area contributed by atoms with Crippen molar-refractivity contribution in [3.63, 3.8) is 0 Å². The van der Waals surface area contributed by atoms with Crippen LogP contribution in [0.1, 0.15) is 400 Å². The van der Waals surface area contributed by atoms with Crippen LogP contribution in [0.25, 0.3) is 0 Å². The van der Waals surface area contributed by atoms with Gasteiger partial charge in [-0.15, -0.1) is 0 Å². The van der Waals surface area contributed by atoms with Crippen molar-refractivity contribution in [2.24, 2.45) is 0 Å². The number of unbranched alkanes of at least 4 members (excludes halogenated alkanes) is 46. The Kier molecular flexibility index (Phi) is 74.0. The van der Waals surface area contributed by atoms with Gasteiger partial charge in [-0.25, -0.2) is 9.13 Å². The molecule has 0 bridgehead atoms. The first-order valence-electron chi connectivity index (χ1n) is 41.9. The van der Waals surface area contributed by atoms with Crippen LogP contribution in [-0.2, 0) is 65.4 Å². The van der Waals surface area contributed by atoms with Crippen LogP contribution in [0.15, 0.2) is 48.6 Å². The van der Waals surface area contributed by atoms with E-state index in [1.165, 1.54) is 218 Å². The molecule has 0 spiro atoms. The van der Waals surface area contributed by atoms with Gasteiger partial charge < -0.3 is 33.8 Å². The molecule has 102 heavy (non-hydrogen) atoms. The molecule has 0 saturated heterocycles. The zero-order chi connectivity index (χ0) is 74.6. The van der Waals surface area contributed by atoms with Gasteiger partial charge in [-0.1, -0.05) is 359 Å². The number of allylic oxidation sites excluding steroid dienone is 8. The highest BCUT2D eigenvalue weighted by atomic mass is 31.2. The summed E-state index contributed by atoms with van der Waals surface area (Å²) in [6.45, 7) is 4.90. The number of phosphoric ester groups is 2. The molecule has 3 N–H and O–H groups in total. The smallest absolute Gasteiger partial charge is 0.462 e. The Labute approximate surface area is 623 Å². The molecule has 0 saturated carbocycles. The molecule has 598 valence electrons. The molecule has 0 amide bonds. The Bertz CT molecular complexity index is 2120. The van der Waals surface area contributed by atoms with Crippen molar-refractivity contribution in [1.82, 2.24) is 0 Å². The summed E-state index contributed by atoms with van der Waals surface area (Å²) in [7, 11) is -9.95. The Morgan fingerprint density at radius 3 is 0.775 bits per heavy atom. The average molecular weight is 1490 g/mol. The molecule has 0 aromatic rings. The fourth-order valence-corrected chi connectivity index (χ4v) is 13.5. The standard InChI is InChI=1S/C83H154O17P2/c1-5-9-13-17-21-25-29-33-37-38-42-44-48-52-56-60-64-68-81(86)94-74-79(100-83(88)70-66-62-58-54-50-46-41-36-32-28-24-20-16-12-8-4)76-98-102(91,92)96-72-77(84)71-95-101(89,90)97-75-78(99-82(87)69-65-61-57-53-49-45-40-35-31-27-23-19-15-11-7-3)73-93-80(85)67-63-59-55-51-47-43-39-34-30-26-22-18-14-10-6-2/h21,25,33,37,42,44,52,56,77-79,84H,5-20,22-24,26-32,34-36,38-41,43,45-51,53-55,57-76H2,1-4H3,(H,89,90)(H,91,92)/b25-21-,37-33-,44-42-,56-52-/t77-,78-,79-/m1/s1. The van der Waals surface area contributed by atoms with Gasteiger partial charge in [0.2, 0.25) is 0 Å². The molecule has 0 heterocycles. The van der Waals surface area contributed by atoms with Gasteiger partial charge in [0, 0.05) is 25.7 Å². The quantitative estimate of drug-likeness (QED) is 0.0169. The zero-order valence-corrected chi connectivity index (χ0v) is 67.3. The van der Waals surface area contributed by atoms with Crippen LogP contribution in [-0.4, -0.2) is 96.7 Å². The number of aliphatic hydroxyl groups is 1. The number of esters is 4. The van der Waals surface area contributed by atoms with Crippen molar-refractivity contribution in [1.29, 1.82) is 0 Å². The summed E-state index contributed by atoms with van der Waals surface area (Å²) < 4.78 is 68.7. The molecule has 0 radical (unpaired) electrons. The maximum Gasteiger partial charge on any atom is 0.472 e. The fourth-order valence-electron chi connectivity index (χ4n) is 11.9. The molecular formula is C83H154O17P2. The Balaban J connectivity index is 5.35. The first-order valence-corrected chi connectivity index (χ1v) is 44.9. The maximum atomic E-state index is 13.1. The maximum absolute atomic E-state index is 13.1. The van der Waals surface area contributed by atoms with Crippen molar-refractivity contribution in [3.8, 4) is 0 Å². The molecule has 0 aromatic carbocycles. The lowest BCUT2D eigenvalue weighted by Crippen LogP contribution is -2.30. The van der Waals surface area contributed by atoms with E-state index >= 15 is 0 Å². The third-order valence-corrected chi connectivity index (χ3v) is 20.2. The van der Waals surface area contributed by atoms with Crippen LogP contribution in [0.3, 0.4) is 0 Å². The van der Waals surface area contributed by atoms with Crippen molar-refractivity contribution >= 4 is 39.5 Å². The Hall–Kier alpha value is -2.98. The van der Waals surface area contributed by atoms with Crippen LogP contribution >= 0.6 is 15.6 Å². The summed E-state index contributed by atoms with van der Waals surface area (Å²) in [5.74, 6) is -2.19. The van der Waals surface area contributed by atoms with E-state index in [0.717, 1.165) is 96.3 Å².